The molecule has 0 fully saturated rings. The number of rotatable bonds is 4. The minimum Gasteiger partial charge on any atom is -0.352 e. The summed E-state index contributed by atoms with van der Waals surface area (Å²) >= 11 is 0. The number of carbonyl (C=O) groups excluding carboxylic acids is 1. The fraction of sp³-hybridized carbons (Fsp3) is 0.238. The molecule has 0 unspecified atom stereocenters. The lowest BCUT2D eigenvalue weighted by molar-refractivity contribution is 0.0954. The molecule has 4 heteroatoms. The maximum absolute atomic E-state index is 12.3. The van der Waals surface area contributed by atoms with Crippen LogP contribution in [0.5, 0.6) is 0 Å². The summed E-state index contributed by atoms with van der Waals surface area (Å²) in [5.41, 5.74) is 5.44. The SMILES string of the molecule is Cc1ccc(C(=O)NCCc2cc3cc(C)cc(C)c3[nH]c2=O)cc1. The molecule has 0 bridgehead atoms. The normalized spacial score (nSPS) is 10.8. The lowest BCUT2D eigenvalue weighted by atomic mass is 10.0. The van der Waals surface area contributed by atoms with Gasteiger partial charge in [-0.2, -0.15) is 0 Å². The summed E-state index contributed by atoms with van der Waals surface area (Å²) < 4.78 is 0. The van der Waals surface area contributed by atoms with Crippen LogP contribution in [0.15, 0.2) is 47.3 Å². The predicted molar refractivity (Wildman–Crippen MR) is 101 cm³/mol. The van der Waals surface area contributed by atoms with E-state index in [1.807, 2.05) is 39.0 Å². The van der Waals surface area contributed by atoms with Crippen LogP contribution in [-0.2, 0) is 6.42 Å². The minimum absolute atomic E-state index is 0.0935. The van der Waals surface area contributed by atoms with Crippen molar-refractivity contribution in [3.63, 3.8) is 0 Å². The molecule has 0 aliphatic rings. The number of benzene rings is 2. The molecule has 25 heavy (non-hydrogen) atoms. The smallest absolute Gasteiger partial charge is 0.251 e. The maximum atomic E-state index is 12.3. The van der Waals surface area contributed by atoms with E-state index in [9.17, 15) is 9.59 Å². The van der Waals surface area contributed by atoms with E-state index in [4.69, 9.17) is 0 Å². The maximum Gasteiger partial charge on any atom is 0.251 e. The standard InChI is InChI=1S/C21H22N2O2/c1-13-4-6-16(7-5-13)20(24)22-9-8-17-12-18-11-14(2)10-15(3)19(18)23-21(17)25/h4-7,10-12H,8-9H2,1-3H3,(H,22,24)(H,23,25). The van der Waals surface area contributed by atoms with Crippen molar-refractivity contribution in [1.82, 2.24) is 10.3 Å². The van der Waals surface area contributed by atoms with E-state index in [2.05, 4.69) is 22.4 Å². The molecule has 1 aromatic heterocycles. The highest BCUT2D eigenvalue weighted by Crippen LogP contribution is 2.18. The molecular formula is C21H22N2O2. The van der Waals surface area contributed by atoms with Crippen molar-refractivity contribution in [3.8, 4) is 0 Å². The summed E-state index contributed by atoms with van der Waals surface area (Å²) in [6.45, 7) is 6.44. The average Bonchev–Trinajstić information content (AvgIpc) is 2.56. The summed E-state index contributed by atoms with van der Waals surface area (Å²) in [7, 11) is 0. The summed E-state index contributed by atoms with van der Waals surface area (Å²) in [5, 5.41) is 3.90. The number of H-pyrrole nitrogens is 1. The van der Waals surface area contributed by atoms with Gasteiger partial charge in [-0.15, -0.1) is 0 Å². The quantitative estimate of drug-likeness (QED) is 0.768. The van der Waals surface area contributed by atoms with Gasteiger partial charge in [0.2, 0.25) is 0 Å². The van der Waals surface area contributed by atoms with Crippen molar-refractivity contribution in [2.45, 2.75) is 27.2 Å². The fourth-order valence-electron chi connectivity index (χ4n) is 3.04. The number of aromatic amines is 1. The van der Waals surface area contributed by atoms with Gasteiger partial charge in [-0.3, -0.25) is 9.59 Å². The number of hydrogen-bond donors (Lipinski definition) is 2. The Hall–Kier alpha value is -2.88. The number of amides is 1. The van der Waals surface area contributed by atoms with Crippen LogP contribution in [0, 0.1) is 20.8 Å². The molecule has 0 spiro atoms. The Kier molecular flexibility index (Phi) is 4.70. The molecule has 0 atom stereocenters. The average molecular weight is 334 g/mol. The Morgan fingerprint density at radius 1 is 1.00 bits per heavy atom. The van der Waals surface area contributed by atoms with Crippen molar-refractivity contribution >= 4 is 16.8 Å². The van der Waals surface area contributed by atoms with Crippen LogP contribution in [-0.4, -0.2) is 17.4 Å². The Bertz CT molecular complexity index is 985. The zero-order valence-corrected chi connectivity index (χ0v) is 14.8. The molecule has 2 aromatic carbocycles. The van der Waals surface area contributed by atoms with Gasteiger partial charge in [0.25, 0.3) is 11.5 Å². The van der Waals surface area contributed by atoms with Crippen LogP contribution in [0.2, 0.25) is 0 Å². The molecule has 3 aromatic rings. The Morgan fingerprint density at radius 2 is 1.72 bits per heavy atom. The van der Waals surface area contributed by atoms with Crippen molar-refractivity contribution < 1.29 is 4.79 Å². The third-order valence-electron chi connectivity index (χ3n) is 4.36. The van der Waals surface area contributed by atoms with E-state index in [0.717, 1.165) is 27.6 Å². The van der Waals surface area contributed by atoms with E-state index in [0.29, 0.717) is 24.1 Å². The lowest BCUT2D eigenvalue weighted by Crippen LogP contribution is -2.27. The lowest BCUT2D eigenvalue weighted by Gasteiger charge is -2.08. The van der Waals surface area contributed by atoms with Crippen LogP contribution >= 0.6 is 0 Å². The van der Waals surface area contributed by atoms with Gasteiger partial charge in [-0.25, -0.2) is 0 Å². The van der Waals surface area contributed by atoms with Crippen LogP contribution in [0.4, 0.5) is 0 Å². The first-order valence-electron chi connectivity index (χ1n) is 8.42. The highest BCUT2D eigenvalue weighted by Gasteiger charge is 2.08. The Labute approximate surface area is 146 Å². The summed E-state index contributed by atoms with van der Waals surface area (Å²) in [5.74, 6) is -0.121. The van der Waals surface area contributed by atoms with E-state index in [1.165, 1.54) is 0 Å². The first kappa shape index (κ1) is 17.0. The van der Waals surface area contributed by atoms with Gasteiger partial charge in [-0.1, -0.05) is 29.3 Å². The van der Waals surface area contributed by atoms with Crippen LogP contribution in [0.3, 0.4) is 0 Å². The van der Waals surface area contributed by atoms with E-state index < -0.39 is 0 Å². The molecule has 1 heterocycles. The summed E-state index contributed by atoms with van der Waals surface area (Å²) in [6, 6.07) is 13.5. The molecule has 2 N–H and O–H groups in total. The highest BCUT2D eigenvalue weighted by atomic mass is 16.1. The second kappa shape index (κ2) is 6.93. The molecule has 0 aliphatic carbocycles. The summed E-state index contributed by atoms with van der Waals surface area (Å²) in [4.78, 5) is 27.4. The highest BCUT2D eigenvalue weighted by molar-refractivity contribution is 5.94. The van der Waals surface area contributed by atoms with Crippen LogP contribution in [0.25, 0.3) is 10.9 Å². The summed E-state index contributed by atoms with van der Waals surface area (Å²) in [6.07, 6.45) is 0.496. The van der Waals surface area contributed by atoms with Gasteiger partial charge < -0.3 is 10.3 Å². The van der Waals surface area contributed by atoms with Gasteiger partial charge in [0.1, 0.15) is 0 Å². The number of hydrogen-bond acceptors (Lipinski definition) is 2. The largest absolute Gasteiger partial charge is 0.352 e. The second-order valence-electron chi connectivity index (χ2n) is 6.54. The van der Waals surface area contributed by atoms with Gasteiger partial charge in [0, 0.05) is 17.7 Å². The monoisotopic (exact) mass is 334 g/mol. The van der Waals surface area contributed by atoms with E-state index in [-0.39, 0.29) is 11.5 Å². The van der Waals surface area contributed by atoms with Gasteiger partial charge in [0.05, 0.1) is 5.52 Å². The molecule has 0 radical (unpaired) electrons. The number of fused-ring (bicyclic) bond motifs is 1. The third kappa shape index (κ3) is 3.79. The van der Waals surface area contributed by atoms with Crippen LogP contribution in [0.1, 0.15) is 32.6 Å². The molecular weight excluding hydrogens is 312 g/mol. The van der Waals surface area contributed by atoms with E-state index in [1.54, 1.807) is 12.1 Å². The minimum atomic E-state index is -0.121. The zero-order valence-electron chi connectivity index (χ0n) is 14.8. The molecule has 128 valence electrons. The number of aromatic nitrogens is 1. The number of pyridine rings is 1. The number of nitrogens with one attached hydrogen (secondary N) is 2. The van der Waals surface area contributed by atoms with Gasteiger partial charge in [0.15, 0.2) is 0 Å². The Morgan fingerprint density at radius 3 is 2.44 bits per heavy atom. The van der Waals surface area contributed by atoms with Crippen molar-refractivity contribution in [2.24, 2.45) is 0 Å². The fourth-order valence-corrected chi connectivity index (χ4v) is 3.04. The van der Waals surface area contributed by atoms with E-state index >= 15 is 0 Å². The predicted octanol–water partition coefficient (Wildman–Crippen LogP) is 3.43. The first-order chi connectivity index (χ1) is 11.9. The Balaban J connectivity index is 1.73. The molecule has 0 saturated heterocycles. The molecule has 4 nitrogen and oxygen atoms in total. The topological polar surface area (TPSA) is 62.0 Å². The van der Waals surface area contributed by atoms with Gasteiger partial charge >= 0.3 is 0 Å². The second-order valence-corrected chi connectivity index (χ2v) is 6.54. The molecule has 1 amide bonds. The molecule has 0 aliphatic heterocycles. The van der Waals surface area contributed by atoms with Crippen molar-refractivity contribution in [2.75, 3.05) is 6.54 Å². The number of aryl methyl sites for hydroxylation is 3. The van der Waals surface area contributed by atoms with Crippen molar-refractivity contribution in [3.05, 3.63) is 80.6 Å². The van der Waals surface area contributed by atoms with Crippen molar-refractivity contribution in [1.29, 1.82) is 0 Å². The molecule has 0 saturated carbocycles. The van der Waals surface area contributed by atoms with Gasteiger partial charge in [-0.05, 0) is 62.4 Å². The first-order valence-corrected chi connectivity index (χ1v) is 8.42. The number of carbonyl (C=O) groups is 1. The van der Waals surface area contributed by atoms with Crippen LogP contribution < -0.4 is 10.9 Å². The third-order valence-corrected chi connectivity index (χ3v) is 4.36. The zero-order chi connectivity index (χ0) is 18.0. The molecule has 3 rings (SSSR count).